The molecular formula is C13H18N2O4. The lowest BCUT2D eigenvalue weighted by molar-refractivity contribution is -0.142. The molecule has 1 amide bonds. The van der Waals surface area contributed by atoms with Gasteiger partial charge in [0.1, 0.15) is 12.6 Å². The normalized spacial score (nSPS) is 11.9. The molecule has 6 nitrogen and oxygen atoms in total. The van der Waals surface area contributed by atoms with Crippen molar-refractivity contribution in [2.45, 2.75) is 13.0 Å². The standard InChI is InChI=1S/C13H18N2O4/c1-9-2-4-10(5-3-9)12(14)13(18)15-6-7-19-8-11(16)17/h2-5,12H,6-8,14H2,1H3,(H,15,18)(H,16,17). The van der Waals surface area contributed by atoms with Gasteiger partial charge in [-0.1, -0.05) is 29.8 Å². The van der Waals surface area contributed by atoms with Gasteiger partial charge >= 0.3 is 5.97 Å². The van der Waals surface area contributed by atoms with Gasteiger partial charge in [0.05, 0.1) is 6.61 Å². The van der Waals surface area contributed by atoms with Crippen LogP contribution in [0.4, 0.5) is 0 Å². The van der Waals surface area contributed by atoms with Crippen LogP contribution in [-0.2, 0) is 14.3 Å². The van der Waals surface area contributed by atoms with Crippen molar-refractivity contribution in [1.82, 2.24) is 5.32 Å². The highest BCUT2D eigenvalue weighted by atomic mass is 16.5. The van der Waals surface area contributed by atoms with Crippen LogP contribution in [0.5, 0.6) is 0 Å². The average molecular weight is 266 g/mol. The maximum Gasteiger partial charge on any atom is 0.329 e. The predicted octanol–water partition coefficient (Wildman–Crippen LogP) is 0.212. The number of carboxylic acid groups (broad SMARTS) is 1. The Morgan fingerprint density at radius 2 is 2.00 bits per heavy atom. The van der Waals surface area contributed by atoms with Crippen molar-refractivity contribution in [3.63, 3.8) is 0 Å². The highest BCUT2D eigenvalue weighted by Crippen LogP contribution is 2.11. The topological polar surface area (TPSA) is 102 Å². The quantitative estimate of drug-likeness (QED) is 0.612. The SMILES string of the molecule is Cc1ccc(C(N)C(=O)NCCOCC(=O)O)cc1. The maximum absolute atomic E-state index is 11.7. The summed E-state index contributed by atoms with van der Waals surface area (Å²) in [7, 11) is 0. The van der Waals surface area contributed by atoms with E-state index in [-0.39, 0.29) is 25.7 Å². The Balaban J connectivity index is 2.32. The van der Waals surface area contributed by atoms with Crippen molar-refractivity contribution in [2.75, 3.05) is 19.8 Å². The van der Waals surface area contributed by atoms with Crippen LogP contribution in [0.25, 0.3) is 0 Å². The number of benzene rings is 1. The van der Waals surface area contributed by atoms with Crippen molar-refractivity contribution >= 4 is 11.9 Å². The summed E-state index contributed by atoms with van der Waals surface area (Å²) in [6.45, 7) is 1.94. The number of nitrogens with one attached hydrogen (secondary N) is 1. The minimum atomic E-state index is -1.04. The third kappa shape index (κ3) is 5.50. The van der Waals surface area contributed by atoms with Gasteiger partial charge in [-0.15, -0.1) is 0 Å². The highest BCUT2D eigenvalue weighted by molar-refractivity contribution is 5.82. The lowest BCUT2D eigenvalue weighted by Gasteiger charge is -2.12. The maximum atomic E-state index is 11.7. The van der Waals surface area contributed by atoms with Gasteiger partial charge in [-0.25, -0.2) is 4.79 Å². The number of hydrogen-bond acceptors (Lipinski definition) is 4. The number of nitrogens with two attached hydrogens (primary N) is 1. The van der Waals surface area contributed by atoms with Crippen LogP contribution in [0, 0.1) is 6.92 Å². The Kier molecular flexibility index (Phi) is 5.98. The molecule has 1 aromatic carbocycles. The lowest BCUT2D eigenvalue weighted by Crippen LogP contribution is -2.36. The number of carbonyl (C=O) groups excluding carboxylic acids is 1. The van der Waals surface area contributed by atoms with Gasteiger partial charge < -0.3 is 20.9 Å². The molecule has 0 aliphatic rings. The van der Waals surface area contributed by atoms with Crippen molar-refractivity contribution in [3.8, 4) is 0 Å². The molecule has 0 aliphatic heterocycles. The molecule has 1 rings (SSSR count). The first-order valence-corrected chi connectivity index (χ1v) is 5.90. The molecule has 1 atom stereocenters. The number of rotatable bonds is 7. The van der Waals surface area contributed by atoms with Gasteiger partial charge in [-0.05, 0) is 12.5 Å². The number of amides is 1. The average Bonchev–Trinajstić information content (AvgIpc) is 2.37. The first-order valence-electron chi connectivity index (χ1n) is 5.90. The molecule has 0 saturated carbocycles. The molecular weight excluding hydrogens is 248 g/mol. The number of ether oxygens (including phenoxy) is 1. The lowest BCUT2D eigenvalue weighted by atomic mass is 10.1. The monoisotopic (exact) mass is 266 g/mol. The van der Waals surface area contributed by atoms with E-state index in [1.807, 2.05) is 19.1 Å². The molecule has 0 fully saturated rings. The predicted molar refractivity (Wildman–Crippen MR) is 69.6 cm³/mol. The molecule has 6 heteroatoms. The molecule has 0 bridgehead atoms. The third-order valence-corrected chi connectivity index (χ3v) is 2.49. The van der Waals surface area contributed by atoms with Gasteiger partial charge in [0.15, 0.2) is 0 Å². The van der Waals surface area contributed by atoms with Crippen LogP contribution >= 0.6 is 0 Å². The molecule has 0 heterocycles. The first-order chi connectivity index (χ1) is 9.00. The fourth-order valence-corrected chi connectivity index (χ4v) is 1.44. The molecule has 0 radical (unpaired) electrons. The van der Waals surface area contributed by atoms with E-state index >= 15 is 0 Å². The Morgan fingerprint density at radius 3 is 2.58 bits per heavy atom. The van der Waals surface area contributed by atoms with E-state index in [4.69, 9.17) is 15.6 Å². The number of hydrogen-bond donors (Lipinski definition) is 3. The highest BCUT2D eigenvalue weighted by Gasteiger charge is 2.14. The van der Waals surface area contributed by atoms with Crippen LogP contribution in [0.2, 0.25) is 0 Å². The summed E-state index contributed by atoms with van der Waals surface area (Å²) in [6.07, 6.45) is 0. The summed E-state index contributed by atoms with van der Waals surface area (Å²) in [6, 6.07) is 6.65. The number of aryl methyl sites for hydroxylation is 1. The fraction of sp³-hybridized carbons (Fsp3) is 0.385. The Bertz CT molecular complexity index is 431. The third-order valence-electron chi connectivity index (χ3n) is 2.49. The Hall–Kier alpha value is -1.92. The zero-order valence-corrected chi connectivity index (χ0v) is 10.8. The second kappa shape index (κ2) is 7.50. The molecule has 19 heavy (non-hydrogen) atoms. The second-order valence-electron chi connectivity index (χ2n) is 4.13. The first kappa shape index (κ1) is 15.1. The summed E-state index contributed by atoms with van der Waals surface area (Å²) < 4.78 is 4.79. The zero-order valence-electron chi connectivity index (χ0n) is 10.8. The van der Waals surface area contributed by atoms with E-state index in [9.17, 15) is 9.59 Å². The van der Waals surface area contributed by atoms with Crippen LogP contribution in [0.3, 0.4) is 0 Å². The molecule has 4 N–H and O–H groups in total. The number of aliphatic carboxylic acids is 1. The largest absolute Gasteiger partial charge is 0.480 e. The van der Waals surface area contributed by atoms with E-state index in [1.165, 1.54) is 0 Å². The molecule has 0 aromatic heterocycles. The zero-order chi connectivity index (χ0) is 14.3. The van der Waals surface area contributed by atoms with Gasteiger partial charge in [0.2, 0.25) is 5.91 Å². The van der Waals surface area contributed by atoms with E-state index in [0.717, 1.165) is 11.1 Å². The summed E-state index contributed by atoms with van der Waals surface area (Å²) in [4.78, 5) is 21.9. The molecule has 104 valence electrons. The Morgan fingerprint density at radius 1 is 1.37 bits per heavy atom. The number of carboxylic acids is 1. The van der Waals surface area contributed by atoms with Crippen molar-refractivity contribution in [2.24, 2.45) is 5.73 Å². The summed E-state index contributed by atoms with van der Waals surface area (Å²) >= 11 is 0. The number of carbonyl (C=O) groups is 2. The molecule has 0 spiro atoms. The summed E-state index contributed by atoms with van der Waals surface area (Å²) in [5.74, 6) is -1.36. The van der Waals surface area contributed by atoms with Gasteiger partial charge in [0, 0.05) is 6.54 Å². The second-order valence-corrected chi connectivity index (χ2v) is 4.13. The van der Waals surface area contributed by atoms with Gasteiger partial charge in [0.25, 0.3) is 0 Å². The van der Waals surface area contributed by atoms with Gasteiger partial charge in [-0.2, -0.15) is 0 Å². The fourth-order valence-electron chi connectivity index (χ4n) is 1.44. The molecule has 0 saturated heterocycles. The minimum Gasteiger partial charge on any atom is -0.480 e. The van der Waals surface area contributed by atoms with Crippen LogP contribution < -0.4 is 11.1 Å². The van der Waals surface area contributed by atoms with Gasteiger partial charge in [-0.3, -0.25) is 4.79 Å². The molecule has 1 aromatic rings. The van der Waals surface area contributed by atoms with Crippen molar-refractivity contribution in [1.29, 1.82) is 0 Å². The summed E-state index contributed by atoms with van der Waals surface area (Å²) in [5.41, 5.74) is 7.63. The van der Waals surface area contributed by atoms with Crippen molar-refractivity contribution in [3.05, 3.63) is 35.4 Å². The van der Waals surface area contributed by atoms with Crippen molar-refractivity contribution < 1.29 is 19.4 Å². The van der Waals surface area contributed by atoms with Crippen LogP contribution in [0.15, 0.2) is 24.3 Å². The van der Waals surface area contributed by atoms with Crippen LogP contribution in [-0.4, -0.2) is 36.7 Å². The smallest absolute Gasteiger partial charge is 0.329 e. The molecule has 1 unspecified atom stereocenters. The van der Waals surface area contributed by atoms with E-state index < -0.39 is 12.0 Å². The molecule has 0 aliphatic carbocycles. The Labute approximate surface area is 111 Å². The van der Waals surface area contributed by atoms with E-state index in [0.29, 0.717) is 0 Å². The minimum absolute atomic E-state index is 0.138. The van der Waals surface area contributed by atoms with Crippen LogP contribution in [0.1, 0.15) is 17.2 Å². The van der Waals surface area contributed by atoms with E-state index in [1.54, 1.807) is 12.1 Å². The summed E-state index contributed by atoms with van der Waals surface area (Å²) in [5, 5.41) is 10.9. The van der Waals surface area contributed by atoms with E-state index in [2.05, 4.69) is 5.32 Å².